The summed E-state index contributed by atoms with van der Waals surface area (Å²) in [6, 6.07) is 47.7. The van der Waals surface area contributed by atoms with Gasteiger partial charge in [0.2, 0.25) is 0 Å². The third-order valence-electron chi connectivity index (χ3n) is 8.86. The first-order valence-corrected chi connectivity index (χ1v) is 15.3. The van der Waals surface area contributed by atoms with Gasteiger partial charge < -0.3 is 8.83 Å². The maximum atomic E-state index is 6.27. The molecule has 0 bridgehead atoms. The van der Waals surface area contributed by atoms with Gasteiger partial charge in [0.05, 0.1) is 0 Å². The lowest BCUT2D eigenvalue weighted by Gasteiger charge is -2.08. The highest BCUT2D eigenvalue weighted by Gasteiger charge is 2.17. The number of hydrogen-bond donors (Lipinski definition) is 0. The number of hydrogen-bond acceptors (Lipinski definition) is 5. The summed E-state index contributed by atoms with van der Waals surface area (Å²) in [6.45, 7) is 0. The van der Waals surface area contributed by atoms with Crippen molar-refractivity contribution in [3.05, 3.63) is 140 Å². The highest BCUT2D eigenvalue weighted by atomic mass is 16.3. The molecule has 0 aliphatic rings. The van der Waals surface area contributed by atoms with Crippen LogP contribution in [0.2, 0.25) is 0 Å². The maximum absolute atomic E-state index is 6.27. The molecule has 0 saturated heterocycles. The van der Waals surface area contributed by atoms with Crippen LogP contribution in [0.4, 0.5) is 0 Å². The van der Waals surface area contributed by atoms with E-state index in [1.54, 1.807) is 0 Å². The van der Waals surface area contributed by atoms with Crippen molar-refractivity contribution in [2.75, 3.05) is 0 Å². The molecule has 0 amide bonds. The molecule has 7 aromatic carbocycles. The van der Waals surface area contributed by atoms with E-state index in [1.807, 2.05) is 66.7 Å². The number of aromatic nitrogens is 3. The van der Waals surface area contributed by atoms with E-state index < -0.39 is 0 Å². The minimum absolute atomic E-state index is 0.601. The minimum Gasteiger partial charge on any atom is -0.456 e. The molecule has 3 heterocycles. The van der Waals surface area contributed by atoms with Gasteiger partial charge in [-0.2, -0.15) is 0 Å². The van der Waals surface area contributed by atoms with Crippen molar-refractivity contribution in [2.24, 2.45) is 0 Å². The zero-order chi connectivity index (χ0) is 30.2. The summed E-state index contributed by atoms with van der Waals surface area (Å²) in [5, 5.41) is 8.84. The molecule has 0 aliphatic heterocycles. The van der Waals surface area contributed by atoms with Crippen molar-refractivity contribution >= 4 is 65.4 Å². The second-order valence-corrected chi connectivity index (χ2v) is 11.7. The van der Waals surface area contributed by atoms with E-state index in [1.165, 1.54) is 10.8 Å². The Morgan fingerprint density at radius 2 is 0.696 bits per heavy atom. The van der Waals surface area contributed by atoms with Crippen LogP contribution < -0.4 is 0 Å². The Kier molecular flexibility index (Phi) is 5.22. The molecule has 0 N–H and O–H groups in total. The summed E-state index contributed by atoms with van der Waals surface area (Å²) in [7, 11) is 0. The van der Waals surface area contributed by atoms with Crippen LogP contribution in [0.25, 0.3) is 99.6 Å². The normalized spacial score (nSPS) is 11.9. The maximum Gasteiger partial charge on any atom is 0.164 e. The number of rotatable bonds is 3. The predicted molar refractivity (Wildman–Crippen MR) is 186 cm³/mol. The molecule has 46 heavy (non-hydrogen) atoms. The lowest BCUT2D eigenvalue weighted by atomic mass is 10.0. The third-order valence-corrected chi connectivity index (χ3v) is 8.86. The molecule has 10 rings (SSSR count). The van der Waals surface area contributed by atoms with E-state index in [0.717, 1.165) is 71.3 Å². The smallest absolute Gasteiger partial charge is 0.164 e. The SMILES string of the molecule is c1ccc(-c2nc(-c3ccc4oc5cc6ccccc6cc5c4c3)nc(-c3ccc4oc5cc6ccccc6cc5c4c3)n2)cc1. The van der Waals surface area contributed by atoms with E-state index in [0.29, 0.717) is 17.5 Å². The number of fused-ring (bicyclic) bond motifs is 8. The fourth-order valence-electron chi connectivity index (χ4n) is 6.55. The summed E-state index contributed by atoms with van der Waals surface area (Å²) in [5.41, 5.74) is 6.10. The van der Waals surface area contributed by atoms with Gasteiger partial charge in [0, 0.05) is 38.2 Å². The molecule has 214 valence electrons. The zero-order valence-corrected chi connectivity index (χ0v) is 24.4. The number of furan rings is 2. The Morgan fingerprint density at radius 1 is 0.304 bits per heavy atom. The number of benzene rings is 7. The van der Waals surface area contributed by atoms with Crippen molar-refractivity contribution in [3.8, 4) is 34.2 Å². The van der Waals surface area contributed by atoms with E-state index in [-0.39, 0.29) is 0 Å². The van der Waals surface area contributed by atoms with Gasteiger partial charge in [0.25, 0.3) is 0 Å². The van der Waals surface area contributed by atoms with Crippen LogP contribution in [0, 0.1) is 0 Å². The molecular weight excluding hydrogens is 566 g/mol. The standard InChI is InChI=1S/C41H23N3O2/c1-2-8-24(9-3-1)39-42-40(29-14-16-35-31(20-29)33-18-25-10-4-6-12-27(25)22-37(33)45-35)44-41(43-39)30-15-17-36-32(21-30)34-19-26-11-5-7-13-28(26)23-38(34)46-36/h1-23H. The average molecular weight is 590 g/mol. The van der Waals surface area contributed by atoms with Crippen molar-refractivity contribution in [1.82, 2.24) is 15.0 Å². The quantitative estimate of drug-likeness (QED) is 0.205. The Hall–Kier alpha value is -6.33. The van der Waals surface area contributed by atoms with E-state index in [4.69, 9.17) is 23.8 Å². The molecule has 3 aromatic heterocycles. The van der Waals surface area contributed by atoms with Gasteiger partial charge in [-0.1, -0.05) is 78.9 Å². The van der Waals surface area contributed by atoms with Crippen LogP contribution in [-0.4, -0.2) is 15.0 Å². The van der Waals surface area contributed by atoms with Crippen molar-refractivity contribution in [1.29, 1.82) is 0 Å². The second kappa shape index (κ2) is 9.58. The highest BCUT2D eigenvalue weighted by molar-refractivity contribution is 6.12. The Morgan fingerprint density at radius 3 is 1.17 bits per heavy atom. The lowest BCUT2D eigenvalue weighted by molar-refractivity contribution is 0.669. The summed E-state index contributed by atoms with van der Waals surface area (Å²) in [5.74, 6) is 1.82. The summed E-state index contributed by atoms with van der Waals surface area (Å²) in [6.07, 6.45) is 0. The summed E-state index contributed by atoms with van der Waals surface area (Å²) >= 11 is 0. The van der Waals surface area contributed by atoms with Crippen LogP contribution >= 0.6 is 0 Å². The van der Waals surface area contributed by atoms with Crippen LogP contribution in [0.15, 0.2) is 148 Å². The molecule has 0 atom stereocenters. The molecular formula is C41H23N3O2. The van der Waals surface area contributed by atoms with Gasteiger partial charge in [-0.05, 0) is 82.2 Å². The van der Waals surface area contributed by atoms with E-state index in [9.17, 15) is 0 Å². The summed E-state index contributed by atoms with van der Waals surface area (Å²) in [4.78, 5) is 15.0. The predicted octanol–water partition coefficient (Wildman–Crippen LogP) is 11.0. The molecule has 10 aromatic rings. The monoisotopic (exact) mass is 589 g/mol. The van der Waals surface area contributed by atoms with E-state index >= 15 is 0 Å². The van der Waals surface area contributed by atoms with Crippen molar-refractivity contribution < 1.29 is 8.83 Å². The lowest BCUT2D eigenvalue weighted by Crippen LogP contribution is -2.00. The van der Waals surface area contributed by atoms with Crippen molar-refractivity contribution in [3.63, 3.8) is 0 Å². The largest absolute Gasteiger partial charge is 0.456 e. The first kappa shape index (κ1) is 25.0. The van der Waals surface area contributed by atoms with Gasteiger partial charge in [-0.25, -0.2) is 15.0 Å². The Labute approximate surface area is 262 Å². The minimum atomic E-state index is 0.601. The highest BCUT2D eigenvalue weighted by Crippen LogP contribution is 2.37. The van der Waals surface area contributed by atoms with Gasteiger partial charge in [-0.3, -0.25) is 0 Å². The fraction of sp³-hybridized carbons (Fsp3) is 0. The molecule has 0 saturated carbocycles. The van der Waals surface area contributed by atoms with Crippen LogP contribution in [-0.2, 0) is 0 Å². The molecule has 0 fully saturated rings. The first-order valence-electron chi connectivity index (χ1n) is 15.3. The average Bonchev–Trinajstić information content (AvgIpc) is 3.66. The molecule has 0 radical (unpaired) electrons. The topological polar surface area (TPSA) is 65.0 Å². The number of nitrogens with zero attached hydrogens (tertiary/aromatic N) is 3. The Bertz CT molecular complexity index is 2640. The fourth-order valence-corrected chi connectivity index (χ4v) is 6.55. The molecule has 5 heteroatoms. The van der Waals surface area contributed by atoms with Gasteiger partial charge >= 0.3 is 0 Å². The van der Waals surface area contributed by atoms with Crippen LogP contribution in [0.5, 0.6) is 0 Å². The van der Waals surface area contributed by atoms with Crippen LogP contribution in [0.3, 0.4) is 0 Å². The molecule has 0 aliphatic carbocycles. The second-order valence-electron chi connectivity index (χ2n) is 11.7. The first-order chi connectivity index (χ1) is 22.7. The van der Waals surface area contributed by atoms with Crippen LogP contribution in [0.1, 0.15) is 0 Å². The van der Waals surface area contributed by atoms with Gasteiger partial charge in [0.15, 0.2) is 17.5 Å². The third kappa shape index (κ3) is 3.92. The Balaban J connectivity index is 1.17. The van der Waals surface area contributed by atoms with E-state index in [2.05, 4.69) is 72.8 Å². The van der Waals surface area contributed by atoms with Gasteiger partial charge in [-0.15, -0.1) is 0 Å². The van der Waals surface area contributed by atoms with Crippen molar-refractivity contribution in [2.45, 2.75) is 0 Å². The molecule has 0 unspecified atom stereocenters. The zero-order valence-electron chi connectivity index (χ0n) is 24.4. The molecule has 5 nitrogen and oxygen atoms in total. The summed E-state index contributed by atoms with van der Waals surface area (Å²) < 4.78 is 12.5. The molecule has 0 spiro atoms. The van der Waals surface area contributed by atoms with Gasteiger partial charge in [0.1, 0.15) is 22.3 Å².